The van der Waals surface area contributed by atoms with Crippen molar-refractivity contribution in [1.82, 2.24) is 0 Å². The molecule has 0 atom stereocenters. The minimum absolute atomic E-state index is 0.525. The molecule has 100 valence electrons. The van der Waals surface area contributed by atoms with Crippen molar-refractivity contribution in [3.05, 3.63) is 48.0 Å². The predicted octanol–water partition coefficient (Wildman–Crippen LogP) is 3.01. The quantitative estimate of drug-likeness (QED) is 0.895. The highest BCUT2D eigenvalue weighted by Gasteiger charge is 2.04. The molecular formula is C16H19NO2. The number of rotatable bonds is 5. The lowest BCUT2D eigenvalue weighted by Crippen LogP contribution is -2.11. The first-order chi connectivity index (χ1) is 9.24. The first-order valence-electron chi connectivity index (χ1n) is 6.32. The summed E-state index contributed by atoms with van der Waals surface area (Å²) in [6.07, 6.45) is 0. The highest BCUT2D eigenvalue weighted by molar-refractivity contribution is 5.67. The molecule has 3 heteroatoms. The molecule has 0 fully saturated rings. The maximum atomic E-state index is 5.57. The molecule has 0 spiro atoms. The van der Waals surface area contributed by atoms with E-state index >= 15 is 0 Å². The summed E-state index contributed by atoms with van der Waals surface area (Å²) in [5, 5.41) is 0. The maximum Gasteiger partial charge on any atom is 0.122 e. The molecule has 0 aliphatic rings. The molecule has 0 amide bonds. The smallest absolute Gasteiger partial charge is 0.122 e. The number of hydrogen-bond donors (Lipinski definition) is 1. The Hall–Kier alpha value is -2.00. The number of hydrogen-bond acceptors (Lipinski definition) is 3. The number of aryl methyl sites for hydroxylation is 1. The number of methoxy groups -OCH3 is 1. The lowest BCUT2D eigenvalue weighted by Gasteiger charge is -2.10. The van der Waals surface area contributed by atoms with Crippen LogP contribution < -0.4 is 15.2 Å². The van der Waals surface area contributed by atoms with Crippen molar-refractivity contribution < 1.29 is 9.47 Å². The Kier molecular flexibility index (Phi) is 4.42. The van der Waals surface area contributed by atoms with Gasteiger partial charge in [0.2, 0.25) is 0 Å². The van der Waals surface area contributed by atoms with E-state index in [2.05, 4.69) is 12.1 Å². The fourth-order valence-electron chi connectivity index (χ4n) is 1.96. The molecule has 2 aromatic rings. The molecule has 0 aliphatic heterocycles. The second kappa shape index (κ2) is 6.25. The van der Waals surface area contributed by atoms with Gasteiger partial charge in [0, 0.05) is 6.54 Å². The van der Waals surface area contributed by atoms with Gasteiger partial charge in [-0.05, 0) is 47.9 Å². The summed E-state index contributed by atoms with van der Waals surface area (Å²) in [4.78, 5) is 0. The number of ether oxygens (including phenoxy) is 2. The fraction of sp³-hybridized carbons (Fsp3) is 0.250. The molecule has 0 saturated carbocycles. The molecule has 0 bridgehead atoms. The molecule has 2 N–H and O–H groups in total. The average molecular weight is 257 g/mol. The largest absolute Gasteiger partial charge is 0.497 e. The zero-order valence-electron chi connectivity index (χ0n) is 11.3. The van der Waals surface area contributed by atoms with Crippen molar-refractivity contribution in [2.75, 3.05) is 20.3 Å². The standard InChI is InChI=1S/C16H19NO2/c1-12-10-14(6-7-16(12)19-9-8-17)13-4-3-5-15(11-13)18-2/h3-7,10-11H,8-9,17H2,1-2H3. The van der Waals surface area contributed by atoms with E-state index < -0.39 is 0 Å². The van der Waals surface area contributed by atoms with Crippen LogP contribution in [0.4, 0.5) is 0 Å². The second-order valence-corrected chi connectivity index (χ2v) is 4.35. The number of benzene rings is 2. The molecule has 0 radical (unpaired) electrons. The first-order valence-corrected chi connectivity index (χ1v) is 6.32. The molecule has 0 aliphatic carbocycles. The van der Waals surface area contributed by atoms with Crippen molar-refractivity contribution in [2.24, 2.45) is 5.73 Å². The molecule has 2 rings (SSSR count). The van der Waals surface area contributed by atoms with Gasteiger partial charge in [-0.15, -0.1) is 0 Å². The Labute approximate surface area is 114 Å². The van der Waals surface area contributed by atoms with Crippen LogP contribution >= 0.6 is 0 Å². The molecule has 0 aromatic heterocycles. The summed E-state index contributed by atoms with van der Waals surface area (Å²) in [7, 11) is 1.67. The van der Waals surface area contributed by atoms with Gasteiger partial charge in [-0.25, -0.2) is 0 Å². The van der Waals surface area contributed by atoms with E-state index in [0.717, 1.165) is 28.2 Å². The third-order valence-electron chi connectivity index (χ3n) is 2.95. The molecule has 0 heterocycles. The monoisotopic (exact) mass is 257 g/mol. The molecule has 3 nitrogen and oxygen atoms in total. The summed E-state index contributed by atoms with van der Waals surface area (Å²) in [5.74, 6) is 1.75. The zero-order chi connectivity index (χ0) is 13.7. The van der Waals surface area contributed by atoms with Gasteiger partial charge in [-0.3, -0.25) is 0 Å². The molecule has 19 heavy (non-hydrogen) atoms. The lowest BCUT2D eigenvalue weighted by atomic mass is 10.0. The van der Waals surface area contributed by atoms with E-state index in [1.807, 2.05) is 37.3 Å². The van der Waals surface area contributed by atoms with E-state index in [1.54, 1.807) is 7.11 Å². The van der Waals surface area contributed by atoms with E-state index in [4.69, 9.17) is 15.2 Å². The van der Waals surface area contributed by atoms with Crippen LogP contribution in [0.5, 0.6) is 11.5 Å². The normalized spacial score (nSPS) is 10.3. The number of nitrogens with two attached hydrogens (primary N) is 1. The predicted molar refractivity (Wildman–Crippen MR) is 77.7 cm³/mol. The Morgan fingerprint density at radius 1 is 1.05 bits per heavy atom. The van der Waals surface area contributed by atoms with E-state index in [-0.39, 0.29) is 0 Å². The Balaban J connectivity index is 2.27. The van der Waals surface area contributed by atoms with Crippen LogP contribution in [0.15, 0.2) is 42.5 Å². The Morgan fingerprint density at radius 3 is 2.53 bits per heavy atom. The minimum Gasteiger partial charge on any atom is -0.497 e. The lowest BCUT2D eigenvalue weighted by molar-refractivity contribution is 0.326. The second-order valence-electron chi connectivity index (χ2n) is 4.35. The molecule has 0 saturated heterocycles. The molecule has 2 aromatic carbocycles. The van der Waals surface area contributed by atoms with Crippen molar-refractivity contribution >= 4 is 0 Å². The van der Waals surface area contributed by atoms with Crippen molar-refractivity contribution in [1.29, 1.82) is 0 Å². The Morgan fingerprint density at radius 2 is 1.84 bits per heavy atom. The summed E-state index contributed by atoms with van der Waals surface area (Å²) in [6.45, 7) is 3.10. The first kappa shape index (κ1) is 13.4. The molecular weight excluding hydrogens is 238 g/mol. The topological polar surface area (TPSA) is 44.5 Å². The van der Waals surface area contributed by atoms with Gasteiger partial charge < -0.3 is 15.2 Å². The van der Waals surface area contributed by atoms with Crippen LogP contribution in [-0.2, 0) is 0 Å². The van der Waals surface area contributed by atoms with Crippen LogP contribution in [0.1, 0.15) is 5.56 Å². The van der Waals surface area contributed by atoms with Gasteiger partial charge in [-0.2, -0.15) is 0 Å². The average Bonchev–Trinajstić information content (AvgIpc) is 2.46. The highest BCUT2D eigenvalue weighted by atomic mass is 16.5. The van der Waals surface area contributed by atoms with Gasteiger partial charge >= 0.3 is 0 Å². The van der Waals surface area contributed by atoms with Gasteiger partial charge in [0.1, 0.15) is 18.1 Å². The fourth-order valence-corrected chi connectivity index (χ4v) is 1.96. The van der Waals surface area contributed by atoms with Crippen LogP contribution in [0.25, 0.3) is 11.1 Å². The van der Waals surface area contributed by atoms with Crippen LogP contribution in [0, 0.1) is 6.92 Å². The SMILES string of the molecule is COc1cccc(-c2ccc(OCCN)c(C)c2)c1. The van der Waals surface area contributed by atoms with Crippen LogP contribution in [-0.4, -0.2) is 20.3 Å². The van der Waals surface area contributed by atoms with E-state index in [1.165, 1.54) is 0 Å². The highest BCUT2D eigenvalue weighted by Crippen LogP contribution is 2.28. The van der Waals surface area contributed by atoms with Crippen molar-refractivity contribution in [2.45, 2.75) is 6.92 Å². The maximum absolute atomic E-state index is 5.57. The van der Waals surface area contributed by atoms with Gasteiger partial charge in [0.05, 0.1) is 7.11 Å². The van der Waals surface area contributed by atoms with Gasteiger partial charge in [-0.1, -0.05) is 18.2 Å². The summed E-state index contributed by atoms with van der Waals surface area (Å²) >= 11 is 0. The summed E-state index contributed by atoms with van der Waals surface area (Å²) < 4.78 is 10.8. The van der Waals surface area contributed by atoms with Crippen LogP contribution in [0.3, 0.4) is 0 Å². The third kappa shape index (κ3) is 3.26. The summed E-state index contributed by atoms with van der Waals surface area (Å²) in [5.41, 5.74) is 8.83. The third-order valence-corrected chi connectivity index (χ3v) is 2.95. The van der Waals surface area contributed by atoms with Gasteiger partial charge in [0.25, 0.3) is 0 Å². The molecule has 0 unspecified atom stereocenters. The van der Waals surface area contributed by atoms with Crippen LogP contribution in [0.2, 0.25) is 0 Å². The van der Waals surface area contributed by atoms with Crippen molar-refractivity contribution in [3.63, 3.8) is 0 Å². The Bertz CT molecular complexity index is 552. The van der Waals surface area contributed by atoms with Crippen molar-refractivity contribution in [3.8, 4) is 22.6 Å². The zero-order valence-corrected chi connectivity index (χ0v) is 11.3. The van der Waals surface area contributed by atoms with E-state index in [0.29, 0.717) is 13.2 Å². The van der Waals surface area contributed by atoms with Gasteiger partial charge in [0.15, 0.2) is 0 Å². The summed E-state index contributed by atoms with van der Waals surface area (Å²) in [6, 6.07) is 14.2. The van der Waals surface area contributed by atoms with E-state index in [9.17, 15) is 0 Å². The minimum atomic E-state index is 0.525.